The van der Waals surface area contributed by atoms with E-state index in [0.29, 0.717) is 0 Å². The molecule has 0 bridgehead atoms. The van der Waals surface area contributed by atoms with E-state index in [4.69, 9.17) is 21.6 Å². The lowest BCUT2D eigenvalue weighted by Gasteiger charge is -2.27. The Kier molecular flexibility index (Phi) is 7.46. The van der Waals surface area contributed by atoms with Crippen LogP contribution in [0, 0.1) is 0 Å². The van der Waals surface area contributed by atoms with Gasteiger partial charge in [-0.05, 0) is 47.2 Å². The van der Waals surface area contributed by atoms with Crippen molar-refractivity contribution in [1.82, 2.24) is 4.90 Å². The lowest BCUT2D eigenvalue weighted by atomic mass is 10.1. The van der Waals surface area contributed by atoms with Crippen LogP contribution in [0.1, 0.15) is 11.1 Å². The van der Waals surface area contributed by atoms with E-state index in [1.807, 2.05) is 18.2 Å². The molecule has 3 aliphatic rings. The third-order valence-electron chi connectivity index (χ3n) is 4.72. The number of rotatable bonds is 2. The summed E-state index contributed by atoms with van der Waals surface area (Å²) in [5, 5.41) is 8.48. The van der Waals surface area contributed by atoms with Crippen LogP contribution in [0.5, 0.6) is 0 Å². The second-order valence-electron chi connectivity index (χ2n) is 6.49. The molecular weight excluding hydrogens is 467 g/mol. The molecule has 0 atom stereocenters. The highest BCUT2D eigenvalue weighted by molar-refractivity contribution is 8.17. The summed E-state index contributed by atoms with van der Waals surface area (Å²) in [7, 11) is 0. The second-order valence-corrected chi connectivity index (χ2v) is 8.73. The summed E-state index contributed by atoms with van der Waals surface area (Å²) in [5.41, 5.74) is 5.94. The largest absolute Gasteiger partial charge is 0.335 e. The van der Waals surface area contributed by atoms with E-state index in [1.165, 1.54) is 22.5 Å². The van der Waals surface area contributed by atoms with E-state index in [2.05, 4.69) is 39.9 Å². The van der Waals surface area contributed by atoms with Crippen LogP contribution in [-0.2, 0) is 13.0 Å². The number of halogens is 3. The van der Waals surface area contributed by atoms with Gasteiger partial charge in [-0.3, -0.25) is 4.99 Å². The highest BCUT2D eigenvalue weighted by Gasteiger charge is 2.28. The predicted octanol–water partition coefficient (Wildman–Crippen LogP) is 6.33. The molecule has 9 heteroatoms. The van der Waals surface area contributed by atoms with Crippen molar-refractivity contribution in [2.45, 2.75) is 13.0 Å². The molecule has 0 saturated carbocycles. The molecule has 5 rings (SSSR count). The molecule has 2 aromatic carbocycles. The topological polar surface area (TPSA) is 40.0 Å². The Hall–Kier alpha value is -1.31. The van der Waals surface area contributed by atoms with Gasteiger partial charge in [-0.2, -0.15) is 0 Å². The molecule has 152 valence electrons. The zero-order valence-electron chi connectivity index (χ0n) is 15.3. The molecule has 29 heavy (non-hydrogen) atoms. The van der Waals surface area contributed by atoms with Gasteiger partial charge in [0.1, 0.15) is 0 Å². The molecule has 4 nitrogen and oxygen atoms in total. The molecule has 0 spiro atoms. The molecular formula is C20H19Cl3N4S2. The van der Waals surface area contributed by atoms with Crippen molar-refractivity contribution in [1.29, 1.82) is 0 Å². The van der Waals surface area contributed by atoms with E-state index >= 15 is 0 Å². The van der Waals surface area contributed by atoms with Gasteiger partial charge in [-0.1, -0.05) is 53.3 Å². The van der Waals surface area contributed by atoms with Crippen molar-refractivity contribution in [3.8, 4) is 0 Å². The Bertz CT molecular complexity index is 1010. The summed E-state index contributed by atoms with van der Waals surface area (Å²) in [6.07, 6.45) is 0.978. The summed E-state index contributed by atoms with van der Waals surface area (Å²) in [5.74, 6) is 0.857. The van der Waals surface area contributed by atoms with E-state index in [-0.39, 0.29) is 24.8 Å². The van der Waals surface area contributed by atoms with E-state index in [9.17, 15) is 0 Å². The van der Waals surface area contributed by atoms with E-state index in [1.54, 1.807) is 23.5 Å². The van der Waals surface area contributed by atoms with Gasteiger partial charge in [-0.25, -0.2) is 4.99 Å². The molecule has 0 unspecified atom stereocenters. The van der Waals surface area contributed by atoms with Crippen molar-refractivity contribution in [2.75, 3.05) is 17.6 Å². The van der Waals surface area contributed by atoms with Gasteiger partial charge >= 0.3 is 0 Å². The zero-order valence-corrected chi connectivity index (χ0v) is 19.3. The molecule has 0 aromatic heterocycles. The summed E-state index contributed by atoms with van der Waals surface area (Å²) in [6, 6.07) is 14.3. The number of aliphatic imine (C=N–C) groups is 2. The maximum atomic E-state index is 6.16. The minimum Gasteiger partial charge on any atom is -0.335 e. The lowest BCUT2D eigenvalue weighted by Crippen LogP contribution is -2.27. The summed E-state index contributed by atoms with van der Waals surface area (Å²) in [6.45, 7) is 1.64. The molecule has 0 aliphatic carbocycles. The number of benzene rings is 2. The van der Waals surface area contributed by atoms with Gasteiger partial charge in [0, 0.05) is 28.7 Å². The van der Waals surface area contributed by atoms with Gasteiger partial charge in [0.05, 0.1) is 12.2 Å². The third kappa shape index (κ3) is 4.72. The first kappa shape index (κ1) is 22.4. The number of nitrogens with one attached hydrogen (secondary N) is 1. The standard InChI is InChI=1S/C20H17ClN4S2.2ClH/c21-15-5-6-18-14(9-15)10-25-16(12-27-20(25)24-18)11-26-19-22-8-7-13-3-1-2-4-17(13)23-19;;/h1-6,9,12H,7-8,10-11H2,(H,22,23);2*1H. The molecule has 3 aliphatic heterocycles. The Morgan fingerprint density at radius 3 is 2.90 bits per heavy atom. The summed E-state index contributed by atoms with van der Waals surface area (Å²) in [4.78, 5) is 11.8. The Balaban J connectivity index is 0.00000120. The number of thioether (sulfide) groups is 2. The van der Waals surface area contributed by atoms with Crippen LogP contribution < -0.4 is 5.32 Å². The Morgan fingerprint density at radius 2 is 2.00 bits per heavy atom. The number of fused-ring (bicyclic) bond motifs is 3. The zero-order chi connectivity index (χ0) is 18.2. The normalized spacial score (nSPS) is 16.4. The van der Waals surface area contributed by atoms with Crippen LogP contribution in [0.2, 0.25) is 5.02 Å². The van der Waals surface area contributed by atoms with Gasteiger partial charge in [0.15, 0.2) is 10.3 Å². The average Bonchev–Trinajstić information content (AvgIpc) is 2.94. The number of nitrogens with zero attached hydrogens (tertiary/aromatic N) is 3. The van der Waals surface area contributed by atoms with Crippen molar-refractivity contribution in [2.24, 2.45) is 9.98 Å². The van der Waals surface area contributed by atoms with Crippen LogP contribution in [0.25, 0.3) is 0 Å². The predicted molar refractivity (Wildman–Crippen MR) is 133 cm³/mol. The fraction of sp³-hybridized carbons (Fsp3) is 0.200. The highest BCUT2D eigenvalue weighted by atomic mass is 35.5. The maximum absolute atomic E-state index is 6.16. The van der Waals surface area contributed by atoms with Gasteiger partial charge in [-0.15, -0.1) is 24.8 Å². The number of hydrogen-bond acceptors (Lipinski definition) is 6. The van der Waals surface area contributed by atoms with Gasteiger partial charge < -0.3 is 10.2 Å². The molecule has 2 aromatic rings. The van der Waals surface area contributed by atoms with Crippen LogP contribution in [0.15, 0.2) is 63.6 Å². The van der Waals surface area contributed by atoms with Crippen LogP contribution in [0.4, 0.5) is 11.4 Å². The fourth-order valence-electron chi connectivity index (χ4n) is 3.32. The average molecular weight is 486 g/mol. The minimum absolute atomic E-state index is 0. The number of hydrogen-bond donors (Lipinski definition) is 1. The van der Waals surface area contributed by atoms with Crippen molar-refractivity contribution in [3.63, 3.8) is 0 Å². The third-order valence-corrected chi connectivity index (χ3v) is 6.81. The number of amidine groups is 2. The first-order valence-corrected chi connectivity index (χ1v) is 11.0. The minimum atomic E-state index is 0. The Morgan fingerprint density at radius 1 is 1.14 bits per heavy atom. The van der Waals surface area contributed by atoms with Crippen molar-refractivity contribution >= 4 is 81.6 Å². The maximum Gasteiger partial charge on any atom is 0.173 e. The second kappa shape index (κ2) is 9.67. The quantitative estimate of drug-likeness (QED) is 0.539. The smallest absolute Gasteiger partial charge is 0.173 e. The van der Waals surface area contributed by atoms with Crippen LogP contribution in [-0.4, -0.2) is 27.5 Å². The number of anilines is 1. The molecule has 1 N–H and O–H groups in total. The van der Waals surface area contributed by atoms with E-state index < -0.39 is 0 Å². The SMILES string of the molecule is Cl.Cl.Clc1ccc2c(c1)CN1C(CSC3=NCCc4ccccc4N3)=CSC1=N2. The van der Waals surface area contributed by atoms with E-state index in [0.717, 1.165) is 46.3 Å². The molecule has 0 saturated heterocycles. The molecule has 0 fully saturated rings. The molecule has 0 radical (unpaired) electrons. The summed E-state index contributed by atoms with van der Waals surface area (Å²) >= 11 is 9.60. The Labute approximate surface area is 196 Å². The van der Waals surface area contributed by atoms with Crippen molar-refractivity contribution < 1.29 is 0 Å². The van der Waals surface area contributed by atoms with Crippen molar-refractivity contribution in [3.05, 3.63) is 69.7 Å². The van der Waals surface area contributed by atoms with Crippen LogP contribution >= 0.6 is 59.9 Å². The molecule has 0 amide bonds. The summed E-state index contributed by atoms with van der Waals surface area (Å²) < 4.78 is 0. The lowest BCUT2D eigenvalue weighted by molar-refractivity contribution is 0.519. The number of para-hydroxylation sites is 1. The van der Waals surface area contributed by atoms with Crippen LogP contribution in [0.3, 0.4) is 0 Å². The monoisotopic (exact) mass is 484 g/mol. The fourth-order valence-corrected chi connectivity index (χ4v) is 5.42. The van der Waals surface area contributed by atoms with Gasteiger partial charge in [0.25, 0.3) is 0 Å². The molecule has 3 heterocycles. The first-order chi connectivity index (χ1) is 13.3. The first-order valence-electron chi connectivity index (χ1n) is 8.79. The van der Waals surface area contributed by atoms with Gasteiger partial charge in [0.2, 0.25) is 0 Å². The highest BCUT2D eigenvalue weighted by Crippen LogP contribution is 2.38.